The van der Waals surface area contributed by atoms with Crippen molar-refractivity contribution in [3.63, 3.8) is 0 Å². The number of hydrogen-bond donors (Lipinski definition) is 0. The molecule has 0 bridgehead atoms. The zero-order chi connectivity index (χ0) is 15.7. The normalized spacial score (nSPS) is 16.0. The predicted octanol–water partition coefficient (Wildman–Crippen LogP) is 2.22. The van der Waals surface area contributed by atoms with Crippen LogP contribution in [0.4, 0.5) is 0 Å². The number of carbonyl (C=O) groups excluding carboxylic acids is 1. The van der Waals surface area contributed by atoms with E-state index < -0.39 is 0 Å². The van der Waals surface area contributed by atoms with Gasteiger partial charge in [0.2, 0.25) is 0 Å². The molecule has 0 saturated carbocycles. The Hall–Kier alpha value is -1.85. The van der Waals surface area contributed by atoms with Gasteiger partial charge in [-0.1, -0.05) is 11.6 Å². The Labute approximate surface area is 135 Å². The molecule has 0 unspecified atom stereocenters. The van der Waals surface area contributed by atoms with E-state index in [0.29, 0.717) is 10.7 Å². The predicted molar refractivity (Wildman–Crippen MR) is 86.7 cm³/mol. The molecule has 2 heterocycles. The zero-order valence-electron chi connectivity index (χ0n) is 12.8. The van der Waals surface area contributed by atoms with Gasteiger partial charge in [0.15, 0.2) is 5.69 Å². The topological polar surface area (TPSA) is 41.4 Å². The van der Waals surface area contributed by atoms with Gasteiger partial charge in [-0.3, -0.25) is 4.79 Å². The summed E-state index contributed by atoms with van der Waals surface area (Å²) in [5.41, 5.74) is 2.33. The molecule has 0 atom stereocenters. The SMILES string of the molecule is Cc1cc(C(=O)N2CCN(C)CC2)nn1-c1ccc(Cl)cc1. The fraction of sp³-hybridized carbons (Fsp3) is 0.375. The fourth-order valence-corrected chi connectivity index (χ4v) is 2.72. The van der Waals surface area contributed by atoms with E-state index >= 15 is 0 Å². The number of aromatic nitrogens is 2. The van der Waals surface area contributed by atoms with Gasteiger partial charge in [0.25, 0.3) is 5.91 Å². The highest BCUT2D eigenvalue weighted by molar-refractivity contribution is 6.30. The minimum atomic E-state index is 0.00362. The summed E-state index contributed by atoms with van der Waals surface area (Å²) in [5, 5.41) is 5.16. The number of aryl methyl sites for hydroxylation is 1. The molecule has 1 aliphatic rings. The number of rotatable bonds is 2. The molecule has 1 aliphatic heterocycles. The lowest BCUT2D eigenvalue weighted by Crippen LogP contribution is -2.47. The number of amides is 1. The second-order valence-corrected chi connectivity index (χ2v) is 6.09. The number of halogens is 1. The highest BCUT2D eigenvalue weighted by atomic mass is 35.5. The third kappa shape index (κ3) is 3.00. The first-order valence-corrected chi connectivity index (χ1v) is 7.73. The molecule has 0 spiro atoms. The minimum absolute atomic E-state index is 0.00362. The highest BCUT2D eigenvalue weighted by Crippen LogP contribution is 2.16. The first-order valence-electron chi connectivity index (χ1n) is 7.35. The Kier molecular flexibility index (Phi) is 4.18. The number of hydrogen-bond acceptors (Lipinski definition) is 3. The molecule has 1 saturated heterocycles. The van der Waals surface area contributed by atoms with Gasteiger partial charge >= 0.3 is 0 Å². The molecular formula is C16H19ClN4O. The summed E-state index contributed by atoms with van der Waals surface area (Å²) in [5.74, 6) is 0.00362. The van der Waals surface area contributed by atoms with Crippen molar-refractivity contribution in [3.8, 4) is 5.69 Å². The van der Waals surface area contributed by atoms with E-state index in [0.717, 1.165) is 37.6 Å². The second-order valence-electron chi connectivity index (χ2n) is 5.65. The van der Waals surface area contributed by atoms with Crippen molar-refractivity contribution < 1.29 is 4.79 Å². The van der Waals surface area contributed by atoms with Crippen molar-refractivity contribution >= 4 is 17.5 Å². The summed E-state index contributed by atoms with van der Waals surface area (Å²) in [6.07, 6.45) is 0. The summed E-state index contributed by atoms with van der Waals surface area (Å²) in [4.78, 5) is 16.7. The molecule has 0 aliphatic carbocycles. The van der Waals surface area contributed by atoms with E-state index in [-0.39, 0.29) is 5.91 Å². The minimum Gasteiger partial charge on any atom is -0.335 e. The van der Waals surface area contributed by atoms with Crippen molar-refractivity contribution in [2.75, 3.05) is 33.2 Å². The van der Waals surface area contributed by atoms with Crippen LogP contribution in [0.5, 0.6) is 0 Å². The smallest absolute Gasteiger partial charge is 0.274 e. The molecule has 0 N–H and O–H groups in total. The van der Waals surface area contributed by atoms with Gasteiger partial charge in [0, 0.05) is 36.9 Å². The Balaban J connectivity index is 1.82. The molecule has 1 aromatic carbocycles. The van der Waals surface area contributed by atoms with Crippen LogP contribution in [0.3, 0.4) is 0 Å². The molecule has 2 aromatic rings. The lowest BCUT2D eigenvalue weighted by molar-refractivity contribution is 0.0657. The summed E-state index contributed by atoms with van der Waals surface area (Å²) >= 11 is 5.91. The lowest BCUT2D eigenvalue weighted by atomic mass is 10.2. The molecule has 22 heavy (non-hydrogen) atoms. The third-order valence-electron chi connectivity index (χ3n) is 3.97. The maximum atomic E-state index is 12.6. The van der Waals surface area contributed by atoms with Gasteiger partial charge in [0.05, 0.1) is 5.69 Å². The van der Waals surface area contributed by atoms with Crippen LogP contribution in [0.1, 0.15) is 16.2 Å². The van der Waals surface area contributed by atoms with Crippen LogP contribution in [0.25, 0.3) is 5.69 Å². The van der Waals surface area contributed by atoms with Crippen molar-refractivity contribution in [3.05, 3.63) is 46.7 Å². The van der Waals surface area contributed by atoms with E-state index in [2.05, 4.69) is 17.0 Å². The number of likely N-dealkylation sites (N-methyl/N-ethyl adjacent to an activating group) is 1. The van der Waals surface area contributed by atoms with Gasteiger partial charge in [-0.25, -0.2) is 4.68 Å². The number of piperazine rings is 1. The average Bonchev–Trinajstić information content (AvgIpc) is 2.90. The van der Waals surface area contributed by atoms with Crippen LogP contribution in [-0.4, -0.2) is 58.7 Å². The number of benzene rings is 1. The van der Waals surface area contributed by atoms with Gasteiger partial charge in [-0.15, -0.1) is 0 Å². The van der Waals surface area contributed by atoms with Gasteiger partial charge in [0.1, 0.15) is 0 Å². The molecule has 6 heteroatoms. The van der Waals surface area contributed by atoms with Crippen LogP contribution in [-0.2, 0) is 0 Å². The molecule has 0 radical (unpaired) electrons. The fourth-order valence-electron chi connectivity index (χ4n) is 2.59. The van der Waals surface area contributed by atoms with Crippen LogP contribution < -0.4 is 0 Å². The van der Waals surface area contributed by atoms with E-state index in [1.54, 1.807) is 4.68 Å². The molecule has 116 valence electrons. The monoisotopic (exact) mass is 318 g/mol. The Morgan fingerprint density at radius 3 is 2.41 bits per heavy atom. The molecule has 5 nitrogen and oxygen atoms in total. The first kappa shape index (κ1) is 15.1. The quantitative estimate of drug-likeness (QED) is 0.852. The molecule has 1 fully saturated rings. The highest BCUT2D eigenvalue weighted by Gasteiger charge is 2.23. The van der Waals surface area contributed by atoms with Gasteiger partial charge < -0.3 is 9.80 Å². The van der Waals surface area contributed by atoms with Crippen molar-refractivity contribution in [2.24, 2.45) is 0 Å². The van der Waals surface area contributed by atoms with E-state index in [9.17, 15) is 4.79 Å². The van der Waals surface area contributed by atoms with Crippen LogP contribution in [0.15, 0.2) is 30.3 Å². The Bertz CT molecular complexity index is 672. The third-order valence-corrected chi connectivity index (χ3v) is 4.22. The molecule has 3 rings (SSSR count). The van der Waals surface area contributed by atoms with Gasteiger partial charge in [-0.2, -0.15) is 5.10 Å². The number of carbonyl (C=O) groups is 1. The molecule has 1 aromatic heterocycles. The first-order chi connectivity index (χ1) is 10.5. The van der Waals surface area contributed by atoms with Crippen LogP contribution >= 0.6 is 11.6 Å². The number of nitrogens with zero attached hydrogens (tertiary/aromatic N) is 4. The Morgan fingerprint density at radius 1 is 1.14 bits per heavy atom. The van der Waals surface area contributed by atoms with Crippen LogP contribution in [0, 0.1) is 6.92 Å². The van der Waals surface area contributed by atoms with E-state index in [1.165, 1.54) is 0 Å². The largest absolute Gasteiger partial charge is 0.335 e. The molecule has 1 amide bonds. The maximum absolute atomic E-state index is 12.6. The van der Waals surface area contributed by atoms with E-state index in [1.807, 2.05) is 42.2 Å². The Morgan fingerprint density at radius 2 is 1.77 bits per heavy atom. The standard InChI is InChI=1S/C16H19ClN4O/c1-12-11-15(16(22)20-9-7-19(2)8-10-20)18-21(12)14-5-3-13(17)4-6-14/h3-6,11H,7-10H2,1-2H3. The van der Waals surface area contributed by atoms with E-state index in [4.69, 9.17) is 11.6 Å². The summed E-state index contributed by atoms with van der Waals surface area (Å²) in [7, 11) is 2.07. The zero-order valence-corrected chi connectivity index (χ0v) is 13.5. The molecular weight excluding hydrogens is 300 g/mol. The summed E-state index contributed by atoms with van der Waals surface area (Å²) < 4.78 is 1.78. The summed E-state index contributed by atoms with van der Waals surface area (Å²) in [6.45, 7) is 5.26. The lowest BCUT2D eigenvalue weighted by Gasteiger charge is -2.31. The summed E-state index contributed by atoms with van der Waals surface area (Å²) in [6, 6.07) is 9.27. The van der Waals surface area contributed by atoms with Crippen molar-refractivity contribution in [2.45, 2.75) is 6.92 Å². The average molecular weight is 319 g/mol. The van der Waals surface area contributed by atoms with Crippen molar-refractivity contribution in [1.29, 1.82) is 0 Å². The van der Waals surface area contributed by atoms with Crippen LogP contribution in [0.2, 0.25) is 5.02 Å². The van der Waals surface area contributed by atoms with Crippen molar-refractivity contribution in [1.82, 2.24) is 19.6 Å². The maximum Gasteiger partial charge on any atom is 0.274 e. The second kappa shape index (κ2) is 6.10. The van der Waals surface area contributed by atoms with Gasteiger partial charge in [-0.05, 0) is 44.3 Å².